The molecule has 0 spiro atoms. The summed E-state index contributed by atoms with van der Waals surface area (Å²) in [5, 5.41) is 0. The van der Waals surface area contributed by atoms with E-state index in [1.807, 2.05) is 0 Å². The Morgan fingerprint density at radius 3 is 2.73 bits per heavy atom. The Morgan fingerprint density at radius 2 is 2.00 bits per heavy atom. The molecule has 0 atom stereocenters. The molecule has 1 radical (unpaired) electrons. The molecule has 0 fully saturated rings. The maximum Gasteiger partial charge on any atom is 0.283 e. The average Bonchev–Trinajstić information content (AvgIpc) is 2.29. The van der Waals surface area contributed by atoms with Gasteiger partial charge in [0.2, 0.25) is 0 Å². The number of nitrogens with zero attached hydrogens (tertiary/aromatic N) is 1. The van der Waals surface area contributed by atoms with E-state index in [9.17, 15) is 8.42 Å². The molecule has 0 unspecified atom stereocenters. The normalized spacial score (nSPS) is 18.2. The van der Waals surface area contributed by atoms with Crippen LogP contribution in [0.25, 0.3) is 0 Å². The molecule has 1 heterocycles. The van der Waals surface area contributed by atoms with E-state index in [-0.39, 0.29) is 4.90 Å². The van der Waals surface area contributed by atoms with Crippen LogP contribution in [0.3, 0.4) is 0 Å². The molecule has 0 aromatic heterocycles. The maximum absolute atomic E-state index is 11.0. The van der Waals surface area contributed by atoms with E-state index < -0.39 is 10.0 Å². The monoisotopic (exact) mass is 166 g/mol. The van der Waals surface area contributed by atoms with Crippen LogP contribution in [0.15, 0.2) is 33.6 Å². The molecule has 0 aliphatic carbocycles. The summed E-state index contributed by atoms with van der Waals surface area (Å²) < 4.78 is 25.3. The highest BCUT2D eigenvalue weighted by Gasteiger charge is 2.21. The Labute approximate surface area is 64.4 Å². The molecule has 55 valence electrons. The largest absolute Gasteiger partial charge is 0.283 e. The molecule has 2 rings (SSSR count). The van der Waals surface area contributed by atoms with Crippen LogP contribution in [0, 0.1) is 0 Å². The fourth-order valence-corrected chi connectivity index (χ4v) is 1.90. The van der Waals surface area contributed by atoms with Crippen molar-refractivity contribution >= 4 is 16.2 Å². The molecule has 4 heteroatoms. The highest BCUT2D eigenvalue weighted by atomic mass is 32.2. The number of hydrogen-bond acceptors (Lipinski definition) is 2. The first kappa shape index (κ1) is 6.54. The SMILES string of the molecule is O=S1(=O)N=[C]c2ccccc21. The number of sulfonamides is 1. The third-order valence-electron chi connectivity index (χ3n) is 1.45. The summed E-state index contributed by atoms with van der Waals surface area (Å²) in [4.78, 5) is 0.250. The van der Waals surface area contributed by atoms with Gasteiger partial charge in [-0.3, -0.25) is 0 Å². The summed E-state index contributed by atoms with van der Waals surface area (Å²) in [7, 11) is -3.39. The standard InChI is InChI=1S/C7H4NO2S/c9-11(10)7-4-2-1-3-6(7)5-8-11/h1-4H. The molecule has 1 aromatic rings. The van der Waals surface area contributed by atoms with Crippen molar-refractivity contribution < 1.29 is 8.42 Å². The van der Waals surface area contributed by atoms with Gasteiger partial charge in [-0.2, -0.15) is 12.8 Å². The molecule has 11 heavy (non-hydrogen) atoms. The number of rotatable bonds is 0. The Hall–Kier alpha value is -1.16. The van der Waals surface area contributed by atoms with E-state index in [1.165, 1.54) is 6.07 Å². The van der Waals surface area contributed by atoms with Crippen LogP contribution in [0.5, 0.6) is 0 Å². The van der Waals surface area contributed by atoms with Crippen LogP contribution in [0.2, 0.25) is 0 Å². The van der Waals surface area contributed by atoms with Gasteiger partial charge in [0.25, 0.3) is 10.0 Å². The van der Waals surface area contributed by atoms with Crippen molar-refractivity contribution in [3.63, 3.8) is 0 Å². The highest BCUT2D eigenvalue weighted by Crippen LogP contribution is 2.21. The van der Waals surface area contributed by atoms with Gasteiger partial charge in [-0.15, -0.1) is 0 Å². The number of hydrogen-bond donors (Lipinski definition) is 0. The van der Waals surface area contributed by atoms with Crippen molar-refractivity contribution in [3.05, 3.63) is 29.8 Å². The van der Waals surface area contributed by atoms with Gasteiger partial charge in [0.1, 0.15) is 6.21 Å². The van der Waals surface area contributed by atoms with Crippen molar-refractivity contribution in [2.45, 2.75) is 4.90 Å². The predicted octanol–water partition coefficient (Wildman–Crippen LogP) is 0.685. The van der Waals surface area contributed by atoms with Crippen molar-refractivity contribution in [3.8, 4) is 0 Å². The van der Waals surface area contributed by atoms with Gasteiger partial charge in [-0.1, -0.05) is 18.2 Å². The third-order valence-corrected chi connectivity index (χ3v) is 2.69. The van der Waals surface area contributed by atoms with E-state index in [2.05, 4.69) is 10.6 Å². The van der Waals surface area contributed by atoms with Crippen LogP contribution in [0.4, 0.5) is 0 Å². The lowest BCUT2D eigenvalue weighted by Gasteiger charge is -1.91. The molecule has 3 nitrogen and oxygen atoms in total. The smallest absolute Gasteiger partial charge is 0.199 e. The van der Waals surface area contributed by atoms with Gasteiger partial charge in [-0.05, 0) is 6.07 Å². The lowest BCUT2D eigenvalue weighted by atomic mass is 10.2. The Kier molecular flexibility index (Phi) is 1.14. The number of benzene rings is 1. The molecule has 0 bridgehead atoms. The second-order valence-corrected chi connectivity index (χ2v) is 3.75. The minimum atomic E-state index is -3.39. The lowest BCUT2D eigenvalue weighted by molar-refractivity contribution is 0.599. The lowest BCUT2D eigenvalue weighted by Crippen LogP contribution is -1.91. The Balaban J connectivity index is 2.84. The zero-order valence-corrected chi connectivity index (χ0v) is 6.30. The number of fused-ring (bicyclic) bond motifs is 1. The van der Waals surface area contributed by atoms with Gasteiger partial charge in [0.05, 0.1) is 4.90 Å². The van der Waals surface area contributed by atoms with E-state index in [0.717, 1.165) is 0 Å². The van der Waals surface area contributed by atoms with E-state index >= 15 is 0 Å². The van der Waals surface area contributed by atoms with E-state index in [1.54, 1.807) is 18.2 Å². The predicted molar refractivity (Wildman–Crippen MR) is 40.2 cm³/mol. The summed E-state index contributed by atoms with van der Waals surface area (Å²) >= 11 is 0. The van der Waals surface area contributed by atoms with Crippen molar-refractivity contribution in [1.82, 2.24) is 0 Å². The zero-order chi connectivity index (χ0) is 7.90. The summed E-state index contributed by atoms with van der Waals surface area (Å²) in [5.74, 6) is 0. The first-order chi connectivity index (χ1) is 5.20. The molecule has 0 amide bonds. The summed E-state index contributed by atoms with van der Waals surface area (Å²) in [6, 6.07) is 6.61. The Morgan fingerprint density at radius 1 is 1.27 bits per heavy atom. The van der Waals surface area contributed by atoms with Gasteiger partial charge in [-0.25, -0.2) is 0 Å². The average molecular weight is 166 g/mol. The van der Waals surface area contributed by atoms with Gasteiger partial charge >= 0.3 is 0 Å². The molecule has 1 aliphatic rings. The van der Waals surface area contributed by atoms with Crippen LogP contribution in [0.1, 0.15) is 5.56 Å². The third kappa shape index (κ3) is 0.867. The molecule has 1 aliphatic heterocycles. The molecule has 1 aromatic carbocycles. The summed E-state index contributed by atoms with van der Waals surface area (Å²) in [5.41, 5.74) is 0.549. The molecule has 0 saturated carbocycles. The first-order valence-corrected chi connectivity index (χ1v) is 4.46. The fraction of sp³-hybridized carbons (Fsp3) is 0. The van der Waals surface area contributed by atoms with Crippen LogP contribution in [-0.4, -0.2) is 14.6 Å². The summed E-state index contributed by atoms with van der Waals surface area (Å²) in [6.45, 7) is 0. The first-order valence-electron chi connectivity index (χ1n) is 3.02. The van der Waals surface area contributed by atoms with Gasteiger partial charge < -0.3 is 0 Å². The minimum Gasteiger partial charge on any atom is -0.199 e. The van der Waals surface area contributed by atoms with Crippen LogP contribution < -0.4 is 0 Å². The van der Waals surface area contributed by atoms with Gasteiger partial charge in [0.15, 0.2) is 0 Å². The molecular formula is C7H4NO2S. The second kappa shape index (κ2) is 1.92. The topological polar surface area (TPSA) is 46.5 Å². The van der Waals surface area contributed by atoms with Crippen LogP contribution in [-0.2, 0) is 10.0 Å². The van der Waals surface area contributed by atoms with Crippen LogP contribution >= 0.6 is 0 Å². The minimum absolute atomic E-state index is 0.250. The zero-order valence-electron chi connectivity index (χ0n) is 5.48. The second-order valence-electron chi connectivity index (χ2n) is 2.17. The molecule has 0 N–H and O–H groups in total. The van der Waals surface area contributed by atoms with Crippen molar-refractivity contribution in [2.75, 3.05) is 0 Å². The molecule has 0 saturated heterocycles. The highest BCUT2D eigenvalue weighted by molar-refractivity contribution is 7.90. The molecular weight excluding hydrogens is 162 g/mol. The quantitative estimate of drug-likeness (QED) is 0.569. The summed E-state index contributed by atoms with van der Waals surface area (Å²) in [6.07, 6.45) is 2.43. The maximum atomic E-state index is 11.0. The van der Waals surface area contributed by atoms with E-state index in [0.29, 0.717) is 5.56 Å². The van der Waals surface area contributed by atoms with Crippen molar-refractivity contribution in [2.24, 2.45) is 4.40 Å². The fourth-order valence-electron chi connectivity index (χ4n) is 0.942. The van der Waals surface area contributed by atoms with Crippen molar-refractivity contribution in [1.29, 1.82) is 0 Å². The van der Waals surface area contributed by atoms with E-state index in [4.69, 9.17) is 0 Å². The Bertz CT molecular complexity index is 420. The van der Waals surface area contributed by atoms with Gasteiger partial charge in [0, 0.05) is 5.56 Å².